The van der Waals surface area contributed by atoms with E-state index in [1.165, 1.54) is 25.3 Å². The minimum Gasteiger partial charge on any atom is -0.469 e. The summed E-state index contributed by atoms with van der Waals surface area (Å²) >= 11 is 5.81. The highest BCUT2D eigenvalue weighted by atomic mass is 35.5. The van der Waals surface area contributed by atoms with Gasteiger partial charge in [-0.25, -0.2) is 4.39 Å². The lowest BCUT2D eigenvalue weighted by atomic mass is 10.1. The quantitative estimate of drug-likeness (QED) is 0.757. The third kappa shape index (κ3) is 4.03. The molecule has 0 N–H and O–H groups in total. The lowest BCUT2D eigenvalue weighted by Gasteiger charge is -2.13. The fraction of sp³-hybridized carbons (Fsp3) is 0.500. The topological polar surface area (TPSA) is 43.4 Å². The van der Waals surface area contributed by atoms with Crippen LogP contribution in [0.15, 0.2) is 18.2 Å². The summed E-state index contributed by atoms with van der Waals surface area (Å²) in [6.45, 7) is 0. The summed E-state index contributed by atoms with van der Waals surface area (Å²) in [4.78, 5) is 11.3. The van der Waals surface area contributed by atoms with Crippen LogP contribution in [-0.2, 0) is 26.1 Å². The van der Waals surface area contributed by atoms with Crippen LogP contribution in [-0.4, -0.2) is 23.0 Å². The predicted octanol–water partition coefficient (Wildman–Crippen LogP) is 3.07. The van der Waals surface area contributed by atoms with E-state index in [1.807, 2.05) is 0 Å². The van der Waals surface area contributed by atoms with Crippen LogP contribution in [0.1, 0.15) is 24.8 Å². The Morgan fingerprint density at radius 3 is 2.80 bits per heavy atom. The Kier molecular flexibility index (Phi) is 4.81. The summed E-state index contributed by atoms with van der Waals surface area (Å²) in [5, 5.41) is 0.425. The molecule has 0 heterocycles. The maximum absolute atomic E-state index is 13.6. The van der Waals surface area contributed by atoms with Crippen molar-refractivity contribution in [1.82, 2.24) is 0 Å². The van der Waals surface area contributed by atoms with Gasteiger partial charge in [-0.05, 0) is 36.5 Å². The largest absolute Gasteiger partial charge is 0.469 e. The average Bonchev–Trinajstić information content (AvgIpc) is 3.12. The number of hydrogen-bond acceptors (Lipinski definition) is 3. The molecule has 3 nitrogen and oxygen atoms in total. The third-order valence-corrected chi connectivity index (χ3v) is 5.30. The number of rotatable bonds is 6. The van der Waals surface area contributed by atoms with E-state index in [0.717, 1.165) is 12.8 Å². The van der Waals surface area contributed by atoms with Gasteiger partial charge in [0, 0.05) is 27.1 Å². The Morgan fingerprint density at radius 2 is 2.20 bits per heavy atom. The molecule has 0 spiro atoms. The smallest absolute Gasteiger partial charge is 0.306 e. The molecule has 1 unspecified atom stereocenters. The zero-order chi connectivity index (χ0) is 14.8. The first kappa shape index (κ1) is 15.4. The number of carbonyl (C=O) groups is 1. The highest BCUT2D eigenvalue weighted by Crippen LogP contribution is 2.49. The molecule has 0 radical (unpaired) electrons. The minimum atomic E-state index is -1.22. The molecule has 0 aliphatic heterocycles. The Bertz CT molecular complexity index is 543. The molecule has 1 aliphatic carbocycles. The van der Waals surface area contributed by atoms with Gasteiger partial charge in [-0.3, -0.25) is 9.00 Å². The van der Waals surface area contributed by atoms with E-state index in [-0.39, 0.29) is 23.6 Å². The van der Waals surface area contributed by atoms with Crippen LogP contribution >= 0.6 is 11.6 Å². The highest BCUT2D eigenvalue weighted by molar-refractivity contribution is 7.84. The van der Waals surface area contributed by atoms with E-state index >= 15 is 0 Å². The number of esters is 1. The fourth-order valence-corrected chi connectivity index (χ4v) is 4.09. The first-order valence-electron chi connectivity index (χ1n) is 6.30. The maximum Gasteiger partial charge on any atom is 0.306 e. The summed E-state index contributed by atoms with van der Waals surface area (Å²) in [6, 6.07) is 4.23. The van der Waals surface area contributed by atoms with Gasteiger partial charge in [0.15, 0.2) is 0 Å². The first-order chi connectivity index (χ1) is 9.44. The van der Waals surface area contributed by atoms with Gasteiger partial charge in [0.2, 0.25) is 0 Å². The van der Waals surface area contributed by atoms with Crippen LogP contribution in [0.3, 0.4) is 0 Å². The molecule has 6 heteroatoms. The number of hydrogen-bond donors (Lipinski definition) is 0. The Hall–Kier alpha value is -0.940. The molecule has 1 aromatic rings. The van der Waals surface area contributed by atoms with Crippen LogP contribution in [0.4, 0.5) is 4.39 Å². The lowest BCUT2D eigenvalue weighted by Crippen LogP contribution is -2.18. The molecular formula is C14H16ClFO3S. The standard InChI is InChI=1S/C14H16ClFO3S/c1-19-13(17)7-14(4-5-14)9-20(18)8-10-6-11(15)2-3-12(10)16/h2-3,6H,4-5,7-9H2,1H3. The summed E-state index contributed by atoms with van der Waals surface area (Å²) in [6.07, 6.45) is 2.02. The Labute approximate surface area is 124 Å². The second-order valence-electron chi connectivity index (χ2n) is 5.22. The van der Waals surface area contributed by atoms with E-state index in [4.69, 9.17) is 11.6 Å². The minimum absolute atomic E-state index is 0.120. The molecular weight excluding hydrogens is 303 g/mol. The van der Waals surface area contributed by atoms with Gasteiger partial charge < -0.3 is 4.74 Å². The SMILES string of the molecule is COC(=O)CC1(CS(=O)Cc2cc(Cl)ccc2F)CC1. The molecule has 2 rings (SSSR count). The lowest BCUT2D eigenvalue weighted by molar-refractivity contribution is -0.141. The zero-order valence-electron chi connectivity index (χ0n) is 11.2. The van der Waals surface area contributed by atoms with Gasteiger partial charge >= 0.3 is 5.97 Å². The molecule has 20 heavy (non-hydrogen) atoms. The third-order valence-electron chi connectivity index (χ3n) is 3.50. The molecule has 0 amide bonds. The summed E-state index contributed by atoms with van der Waals surface area (Å²) in [5.41, 5.74) is 0.136. The van der Waals surface area contributed by atoms with Crippen molar-refractivity contribution in [2.75, 3.05) is 12.9 Å². The van der Waals surface area contributed by atoms with Crippen LogP contribution in [0.25, 0.3) is 0 Å². The van der Waals surface area contributed by atoms with Crippen LogP contribution in [0, 0.1) is 11.2 Å². The number of halogens is 2. The monoisotopic (exact) mass is 318 g/mol. The van der Waals surface area contributed by atoms with E-state index in [9.17, 15) is 13.4 Å². The average molecular weight is 319 g/mol. The van der Waals surface area contributed by atoms with Crippen molar-refractivity contribution in [3.63, 3.8) is 0 Å². The molecule has 0 saturated heterocycles. The molecule has 1 aromatic carbocycles. The Morgan fingerprint density at radius 1 is 1.50 bits per heavy atom. The number of methoxy groups -OCH3 is 1. The molecule has 0 aromatic heterocycles. The van der Waals surface area contributed by atoms with Gasteiger partial charge in [-0.2, -0.15) is 0 Å². The summed E-state index contributed by atoms with van der Waals surface area (Å²) in [7, 11) is 0.123. The van der Waals surface area contributed by atoms with Crippen molar-refractivity contribution in [3.8, 4) is 0 Å². The molecule has 1 aliphatic rings. The molecule has 1 saturated carbocycles. The van der Waals surface area contributed by atoms with Crippen molar-refractivity contribution < 1.29 is 18.1 Å². The Balaban J connectivity index is 1.96. The van der Waals surface area contributed by atoms with Crippen molar-refractivity contribution >= 4 is 28.4 Å². The van der Waals surface area contributed by atoms with E-state index in [1.54, 1.807) is 0 Å². The highest BCUT2D eigenvalue weighted by Gasteiger charge is 2.45. The maximum atomic E-state index is 13.6. The second-order valence-corrected chi connectivity index (χ2v) is 7.11. The van der Waals surface area contributed by atoms with Crippen molar-refractivity contribution in [1.29, 1.82) is 0 Å². The fourth-order valence-electron chi connectivity index (χ4n) is 2.15. The van der Waals surface area contributed by atoms with Gasteiger partial charge in [0.25, 0.3) is 0 Å². The van der Waals surface area contributed by atoms with Crippen molar-refractivity contribution in [2.24, 2.45) is 5.41 Å². The van der Waals surface area contributed by atoms with E-state index < -0.39 is 16.6 Å². The van der Waals surface area contributed by atoms with Crippen molar-refractivity contribution in [3.05, 3.63) is 34.6 Å². The number of ether oxygens (including phenoxy) is 1. The molecule has 0 bridgehead atoms. The molecule has 1 fully saturated rings. The van der Waals surface area contributed by atoms with Gasteiger partial charge in [0.1, 0.15) is 5.82 Å². The second kappa shape index (κ2) is 6.22. The van der Waals surface area contributed by atoms with Crippen molar-refractivity contribution in [2.45, 2.75) is 25.0 Å². The van der Waals surface area contributed by atoms with Gasteiger partial charge in [-0.1, -0.05) is 11.6 Å². The van der Waals surface area contributed by atoms with Gasteiger partial charge in [0.05, 0.1) is 19.3 Å². The molecule has 110 valence electrons. The van der Waals surface area contributed by atoms with Gasteiger partial charge in [-0.15, -0.1) is 0 Å². The normalized spacial score (nSPS) is 17.6. The van der Waals surface area contributed by atoms with E-state index in [0.29, 0.717) is 16.3 Å². The van der Waals surface area contributed by atoms with E-state index in [2.05, 4.69) is 4.74 Å². The number of benzene rings is 1. The summed E-state index contributed by atoms with van der Waals surface area (Å²) in [5.74, 6) is -0.169. The van der Waals surface area contributed by atoms with Crippen LogP contribution in [0.2, 0.25) is 5.02 Å². The number of carbonyl (C=O) groups excluding carboxylic acids is 1. The zero-order valence-corrected chi connectivity index (χ0v) is 12.7. The molecule has 1 atom stereocenters. The van der Waals surface area contributed by atoms with Crippen LogP contribution in [0.5, 0.6) is 0 Å². The predicted molar refractivity (Wildman–Crippen MR) is 76.4 cm³/mol. The van der Waals surface area contributed by atoms with Crippen LogP contribution < -0.4 is 0 Å². The first-order valence-corrected chi connectivity index (χ1v) is 8.16. The summed E-state index contributed by atoms with van der Waals surface area (Å²) < 4.78 is 30.4.